The summed E-state index contributed by atoms with van der Waals surface area (Å²) in [5.41, 5.74) is 1.35. The summed E-state index contributed by atoms with van der Waals surface area (Å²) < 4.78 is 0. The number of pyridine rings is 1. The molecule has 0 unspecified atom stereocenters. The first kappa shape index (κ1) is 14.6. The Kier molecular flexibility index (Phi) is 5.28. The lowest BCUT2D eigenvalue weighted by atomic mass is 9.88. The van der Waals surface area contributed by atoms with Gasteiger partial charge in [0.2, 0.25) is 0 Å². The van der Waals surface area contributed by atoms with Gasteiger partial charge in [-0.25, -0.2) is 0 Å². The third-order valence-corrected chi connectivity index (χ3v) is 2.99. The molecule has 1 aromatic heterocycles. The molecule has 18 heavy (non-hydrogen) atoms. The molecular weight excluding hydrogens is 228 g/mol. The highest BCUT2D eigenvalue weighted by Gasteiger charge is 2.19. The van der Waals surface area contributed by atoms with E-state index < -0.39 is 0 Å². The van der Waals surface area contributed by atoms with Crippen molar-refractivity contribution >= 4 is 5.91 Å². The van der Waals surface area contributed by atoms with Crippen LogP contribution in [0.4, 0.5) is 0 Å². The molecule has 1 rings (SSSR count). The molecule has 0 aliphatic carbocycles. The number of hydrogen-bond acceptors (Lipinski definition) is 3. The predicted octanol–water partition coefficient (Wildman–Crippen LogP) is 1.92. The van der Waals surface area contributed by atoms with Crippen LogP contribution in [0, 0.1) is 12.3 Å². The minimum Gasteiger partial charge on any atom is -0.396 e. The summed E-state index contributed by atoms with van der Waals surface area (Å²) >= 11 is 0. The number of carbonyl (C=O) groups excluding carboxylic acids is 1. The molecular formula is C14H22N2O2. The lowest BCUT2D eigenvalue weighted by molar-refractivity contribution is 0.0932. The second kappa shape index (κ2) is 6.50. The monoisotopic (exact) mass is 250 g/mol. The molecule has 1 aromatic rings. The molecule has 2 N–H and O–H groups in total. The standard InChI is InChI=1S/C14H22N2O2/c1-11-12(6-4-8-15-11)13(18)16-10-14(2,3)7-5-9-17/h4,6,8,17H,5,7,9-10H2,1-3H3,(H,16,18). The van der Waals surface area contributed by atoms with Crippen molar-refractivity contribution in [2.75, 3.05) is 13.2 Å². The molecule has 0 saturated carbocycles. The molecule has 0 bridgehead atoms. The summed E-state index contributed by atoms with van der Waals surface area (Å²) in [4.78, 5) is 16.1. The predicted molar refractivity (Wildman–Crippen MR) is 71.4 cm³/mol. The Balaban J connectivity index is 2.54. The van der Waals surface area contributed by atoms with Gasteiger partial charge in [-0.3, -0.25) is 9.78 Å². The number of nitrogens with one attached hydrogen (secondary N) is 1. The lowest BCUT2D eigenvalue weighted by Crippen LogP contribution is -2.34. The number of carbonyl (C=O) groups is 1. The number of amides is 1. The van der Waals surface area contributed by atoms with E-state index in [1.807, 2.05) is 6.92 Å². The van der Waals surface area contributed by atoms with E-state index in [0.29, 0.717) is 12.1 Å². The SMILES string of the molecule is Cc1ncccc1C(=O)NCC(C)(C)CCCO. The zero-order valence-electron chi connectivity index (χ0n) is 11.4. The van der Waals surface area contributed by atoms with Gasteiger partial charge in [0.15, 0.2) is 0 Å². The summed E-state index contributed by atoms with van der Waals surface area (Å²) in [6.07, 6.45) is 3.32. The van der Waals surface area contributed by atoms with Crippen LogP contribution in [-0.4, -0.2) is 29.1 Å². The number of aliphatic hydroxyl groups excluding tert-OH is 1. The van der Waals surface area contributed by atoms with Crippen LogP contribution in [-0.2, 0) is 0 Å². The maximum Gasteiger partial charge on any atom is 0.253 e. The van der Waals surface area contributed by atoms with Gasteiger partial charge < -0.3 is 10.4 Å². The summed E-state index contributed by atoms with van der Waals surface area (Å²) in [6.45, 7) is 6.78. The van der Waals surface area contributed by atoms with Crippen LogP contribution >= 0.6 is 0 Å². The van der Waals surface area contributed by atoms with Crippen molar-refractivity contribution < 1.29 is 9.90 Å². The van der Waals surface area contributed by atoms with Gasteiger partial charge in [-0.2, -0.15) is 0 Å². The minimum absolute atomic E-state index is 0.00545. The van der Waals surface area contributed by atoms with Crippen molar-refractivity contribution in [1.82, 2.24) is 10.3 Å². The van der Waals surface area contributed by atoms with Crippen LogP contribution in [0.5, 0.6) is 0 Å². The van der Waals surface area contributed by atoms with E-state index in [4.69, 9.17) is 5.11 Å². The van der Waals surface area contributed by atoms with E-state index in [-0.39, 0.29) is 17.9 Å². The first-order chi connectivity index (χ1) is 8.46. The maximum atomic E-state index is 12.0. The van der Waals surface area contributed by atoms with E-state index in [9.17, 15) is 4.79 Å². The van der Waals surface area contributed by atoms with Gasteiger partial charge in [0, 0.05) is 25.0 Å². The van der Waals surface area contributed by atoms with Gasteiger partial charge in [-0.15, -0.1) is 0 Å². The van der Waals surface area contributed by atoms with Crippen molar-refractivity contribution in [3.05, 3.63) is 29.6 Å². The smallest absolute Gasteiger partial charge is 0.253 e. The minimum atomic E-state index is -0.0855. The molecule has 0 fully saturated rings. The average Bonchev–Trinajstić information content (AvgIpc) is 2.34. The van der Waals surface area contributed by atoms with Crippen molar-refractivity contribution in [3.63, 3.8) is 0 Å². The molecule has 4 heteroatoms. The number of hydrogen-bond donors (Lipinski definition) is 2. The Hall–Kier alpha value is -1.42. The fourth-order valence-corrected chi connectivity index (χ4v) is 1.79. The number of rotatable bonds is 6. The summed E-state index contributed by atoms with van der Waals surface area (Å²) in [5.74, 6) is -0.0855. The summed E-state index contributed by atoms with van der Waals surface area (Å²) in [7, 11) is 0. The molecule has 0 aliphatic heterocycles. The second-order valence-corrected chi connectivity index (χ2v) is 5.31. The molecule has 1 amide bonds. The average molecular weight is 250 g/mol. The quantitative estimate of drug-likeness (QED) is 0.810. The first-order valence-corrected chi connectivity index (χ1v) is 6.27. The third-order valence-electron chi connectivity index (χ3n) is 2.99. The van der Waals surface area contributed by atoms with Crippen LogP contribution in [0.15, 0.2) is 18.3 Å². The van der Waals surface area contributed by atoms with Crippen molar-refractivity contribution in [1.29, 1.82) is 0 Å². The second-order valence-electron chi connectivity index (χ2n) is 5.31. The molecule has 1 heterocycles. The summed E-state index contributed by atoms with van der Waals surface area (Å²) in [6, 6.07) is 3.54. The molecule has 4 nitrogen and oxygen atoms in total. The fraction of sp³-hybridized carbons (Fsp3) is 0.571. The van der Waals surface area contributed by atoms with E-state index in [0.717, 1.165) is 18.5 Å². The van der Waals surface area contributed by atoms with E-state index in [2.05, 4.69) is 24.1 Å². The molecule has 0 aliphatic rings. The van der Waals surface area contributed by atoms with Gasteiger partial charge in [0.05, 0.1) is 5.56 Å². The largest absolute Gasteiger partial charge is 0.396 e. The molecule has 100 valence electrons. The zero-order valence-corrected chi connectivity index (χ0v) is 11.4. The first-order valence-electron chi connectivity index (χ1n) is 6.27. The topological polar surface area (TPSA) is 62.2 Å². The number of aromatic nitrogens is 1. The molecule has 0 atom stereocenters. The fourth-order valence-electron chi connectivity index (χ4n) is 1.79. The zero-order chi connectivity index (χ0) is 13.6. The van der Waals surface area contributed by atoms with Crippen molar-refractivity contribution in [2.45, 2.75) is 33.6 Å². The van der Waals surface area contributed by atoms with Crippen molar-refractivity contribution in [2.24, 2.45) is 5.41 Å². The Morgan fingerprint density at radius 2 is 2.22 bits per heavy atom. The number of aryl methyl sites for hydroxylation is 1. The Morgan fingerprint density at radius 1 is 1.50 bits per heavy atom. The van der Waals surface area contributed by atoms with Crippen LogP contribution in [0.3, 0.4) is 0 Å². The van der Waals surface area contributed by atoms with E-state index >= 15 is 0 Å². The number of nitrogens with zero attached hydrogens (tertiary/aromatic N) is 1. The summed E-state index contributed by atoms with van der Waals surface area (Å²) in [5, 5.41) is 11.8. The maximum absolute atomic E-state index is 12.0. The molecule has 0 radical (unpaired) electrons. The highest BCUT2D eigenvalue weighted by Crippen LogP contribution is 2.20. The Morgan fingerprint density at radius 3 is 2.83 bits per heavy atom. The van der Waals surface area contributed by atoms with Crippen LogP contribution in [0.25, 0.3) is 0 Å². The van der Waals surface area contributed by atoms with Gasteiger partial charge >= 0.3 is 0 Å². The van der Waals surface area contributed by atoms with Gasteiger partial charge in [0.25, 0.3) is 5.91 Å². The normalized spacial score (nSPS) is 11.3. The highest BCUT2D eigenvalue weighted by atomic mass is 16.2. The molecule has 0 aromatic carbocycles. The lowest BCUT2D eigenvalue weighted by Gasteiger charge is -2.24. The number of aliphatic hydroxyl groups is 1. The third kappa shape index (κ3) is 4.45. The molecule has 0 spiro atoms. The van der Waals surface area contributed by atoms with Crippen LogP contribution in [0.1, 0.15) is 42.7 Å². The van der Waals surface area contributed by atoms with Crippen molar-refractivity contribution in [3.8, 4) is 0 Å². The Labute approximate surface area is 108 Å². The van der Waals surface area contributed by atoms with Crippen LogP contribution in [0.2, 0.25) is 0 Å². The highest BCUT2D eigenvalue weighted by molar-refractivity contribution is 5.95. The Bertz CT molecular complexity index is 403. The van der Waals surface area contributed by atoms with Gasteiger partial charge in [0.1, 0.15) is 0 Å². The molecule has 0 saturated heterocycles. The van der Waals surface area contributed by atoms with Crippen LogP contribution < -0.4 is 5.32 Å². The van der Waals surface area contributed by atoms with E-state index in [1.54, 1.807) is 18.3 Å². The van der Waals surface area contributed by atoms with E-state index in [1.165, 1.54) is 0 Å². The van der Waals surface area contributed by atoms with Gasteiger partial charge in [-0.1, -0.05) is 13.8 Å². The van der Waals surface area contributed by atoms with Gasteiger partial charge in [-0.05, 0) is 37.3 Å².